The quantitative estimate of drug-likeness (QED) is 0.565. The zero-order valence-electron chi connectivity index (χ0n) is 14.6. The van der Waals surface area contributed by atoms with Crippen molar-refractivity contribution in [3.05, 3.63) is 65.7 Å². The van der Waals surface area contributed by atoms with Crippen LogP contribution in [0.15, 0.2) is 65.7 Å². The molecule has 1 heterocycles. The van der Waals surface area contributed by atoms with Gasteiger partial charge in [0.25, 0.3) is 0 Å². The number of hydrogen-bond donors (Lipinski definition) is 4. The minimum atomic E-state index is -1.26. The molecule has 2 aromatic rings. The number of carboxylic acid groups (broad SMARTS) is 2. The predicted octanol–water partition coefficient (Wildman–Crippen LogP) is 3.22. The van der Waals surface area contributed by atoms with Crippen molar-refractivity contribution in [2.75, 3.05) is 18.4 Å². The van der Waals surface area contributed by atoms with E-state index in [0.29, 0.717) is 22.9 Å². The van der Waals surface area contributed by atoms with E-state index in [2.05, 4.69) is 15.6 Å². The van der Waals surface area contributed by atoms with Gasteiger partial charge in [0, 0.05) is 23.7 Å². The van der Waals surface area contributed by atoms with Crippen LogP contribution in [0.1, 0.15) is 0 Å². The Balaban J connectivity index is 0.000000300. The molecule has 0 spiro atoms. The van der Waals surface area contributed by atoms with Crippen molar-refractivity contribution in [2.45, 2.75) is 0 Å². The highest BCUT2D eigenvalue weighted by molar-refractivity contribution is 6.30. The summed E-state index contributed by atoms with van der Waals surface area (Å²) in [6.45, 7) is 1.65. The summed E-state index contributed by atoms with van der Waals surface area (Å²) in [4.78, 5) is 23.4. The fraction of sp³-hybridized carbons (Fsp3) is 0.105. The molecule has 146 valence electrons. The van der Waals surface area contributed by atoms with E-state index in [0.717, 1.165) is 30.5 Å². The number of benzene rings is 2. The number of aliphatic carboxylic acids is 2. The molecule has 0 aromatic heterocycles. The first-order valence-electron chi connectivity index (χ1n) is 8.16. The zero-order valence-corrected chi connectivity index (χ0v) is 15.4. The highest BCUT2D eigenvalue weighted by atomic mass is 35.5. The summed E-state index contributed by atoms with van der Waals surface area (Å²) >= 11 is 5.96. The van der Waals surface area contributed by atoms with Crippen molar-refractivity contribution in [1.82, 2.24) is 5.32 Å². The van der Waals surface area contributed by atoms with Gasteiger partial charge in [0.15, 0.2) is 11.7 Å². The Morgan fingerprint density at radius 1 is 1.11 bits per heavy atom. The Morgan fingerprint density at radius 3 is 2.43 bits per heavy atom. The number of carbonyl (C=O) groups is 2. The lowest BCUT2D eigenvalue weighted by molar-refractivity contribution is -0.134. The van der Waals surface area contributed by atoms with E-state index in [-0.39, 0.29) is 0 Å². The molecule has 0 saturated carbocycles. The summed E-state index contributed by atoms with van der Waals surface area (Å²) < 4.78 is 5.87. The Kier molecular flexibility index (Phi) is 7.86. The average molecular weight is 404 g/mol. The Labute approximate surface area is 166 Å². The molecule has 28 heavy (non-hydrogen) atoms. The molecule has 0 amide bonds. The third kappa shape index (κ3) is 7.38. The maximum atomic E-state index is 9.55. The summed E-state index contributed by atoms with van der Waals surface area (Å²) in [7, 11) is 0. The lowest BCUT2D eigenvalue weighted by Gasteiger charge is -2.13. The molecule has 4 N–H and O–H groups in total. The number of guanidine groups is 1. The normalized spacial score (nSPS) is 12.4. The predicted molar refractivity (Wildman–Crippen MR) is 106 cm³/mol. The number of rotatable bonds is 5. The number of aliphatic imine (C=N–C) groups is 1. The van der Waals surface area contributed by atoms with Crippen LogP contribution in [0, 0.1) is 0 Å². The van der Waals surface area contributed by atoms with Crippen LogP contribution in [0.2, 0.25) is 5.02 Å². The summed E-state index contributed by atoms with van der Waals surface area (Å²) in [5.41, 5.74) is 0.862. The van der Waals surface area contributed by atoms with Gasteiger partial charge in [0.05, 0.1) is 12.2 Å². The van der Waals surface area contributed by atoms with E-state index in [1.54, 1.807) is 6.07 Å². The summed E-state index contributed by atoms with van der Waals surface area (Å²) in [5.74, 6) is -0.314. The highest BCUT2D eigenvalue weighted by Crippen LogP contribution is 2.30. The van der Waals surface area contributed by atoms with E-state index in [1.807, 2.05) is 42.5 Å². The van der Waals surface area contributed by atoms with Crippen LogP contribution in [-0.2, 0) is 9.59 Å². The summed E-state index contributed by atoms with van der Waals surface area (Å²) in [5, 5.41) is 22.7. The molecule has 0 bridgehead atoms. The first kappa shape index (κ1) is 20.8. The second-order valence-corrected chi connectivity index (χ2v) is 5.78. The molecule has 9 heteroatoms. The van der Waals surface area contributed by atoms with Crippen molar-refractivity contribution in [1.29, 1.82) is 0 Å². The minimum absolute atomic E-state index is 0.558. The zero-order chi connectivity index (χ0) is 20.4. The molecule has 0 unspecified atom stereocenters. The van der Waals surface area contributed by atoms with Crippen molar-refractivity contribution in [2.24, 2.45) is 4.99 Å². The molecule has 1 aliphatic rings. The Bertz CT molecular complexity index is 883. The molecular formula is C19H18ClN3O5. The van der Waals surface area contributed by atoms with Gasteiger partial charge in [-0.1, -0.05) is 29.8 Å². The number of halogens is 1. The number of para-hydroxylation sites is 2. The van der Waals surface area contributed by atoms with Gasteiger partial charge in [0.1, 0.15) is 5.75 Å². The van der Waals surface area contributed by atoms with Crippen LogP contribution in [0.4, 0.5) is 5.69 Å². The molecule has 0 radical (unpaired) electrons. The number of carboxylic acids is 2. The Hall–Kier alpha value is -3.52. The standard InChI is InChI=1S/C15H14ClN3O.C4H4O4/c16-11-4-3-5-12(10-11)20-14-7-2-1-6-13(14)19-15-17-8-9-18-15;5-3(6)1-2-4(7)8/h1-7,10H,8-9H2,(H2,17,18,19);1-2H,(H,5,6)(H,7,8)/b;2-1+. The van der Waals surface area contributed by atoms with Gasteiger partial charge in [-0.2, -0.15) is 0 Å². The maximum absolute atomic E-state index is 9.55. The van der Waals surface area contributed by atoms with Gasteiger partial charge in [-0.3, -0.25) is 4.99 Å². The van der Waals surface area contributed by atoms with Crippen molar-refractivity contribution < 1.29 is 24.5 Å². The molecule has 0 aliphatic carbocycles. The third-order valence-corrected chi connectivity index (χ3v) is 3.44. The Morgan fingerprint density at radius 2 is 1.82 bits per heavy atom. The monoisotopic (exact) mass is 403 g/mol. The second kappa shape index (κ2) is 10.6. The van der Waals surface area contributed by atoms with Gasteiger partial charge < -0.3 is 25.6 Å². The van der Waals surface area contributed by atoms with Gasteiger partial charge in [0.2, 0.25) is 0 Å². The maximum Gasteiger partial charge on any atom is 0.328 e. The van der Waals surface area contributed by atoms with E-state index in [1.165, 1.54) is 0 Å². The van der Waals surface area contributed by atoms with E-state index >= 15 is 0 Å². The van der Waals surface area contributed by atoms with Crippen LogP contribution >= 0.6 is 11.6 Å². The molecule has 3 rings (SSSR count). The SMILES string of the molecule is Clc1cccc(Oc2ccccc2NC2=NCCN2)c1.O=C(O)/C=C/C(=O)O. The van der Waals surface area contributed by atoms with Crippen LogP contribution in [0.5, 0.6) is 11.5 Å². The first-order chi connectivity index (χ1) is 13.4. The number of anilines is 1. The van der Waals surface area contributed by atoms with Crippen LogP contribution in [0.3, 0.4) is 0 Å². The summed E-state index contributed by atoms with van der Waals surface area (Å²) in [6, 6.07) is 15.0. The van der Waals surface area contributed by atoms with Crippen molar-refractivity contribution in [3.8, 4) is 11.5 Å². The van der Waals surface area contributed by atoms with Gasteiger partial charge in [-0.15, -0.1) is 0 Å². The fourth-order valence-corrected chi connectivity index (χ4v) is 2.25. The largest absolute Gasteiger partial charge is 0.478 e. The first-order valence-corrected chi connectivity index (χ1v) is 8.53. The number of nitrogens with one attached hydrogen (secondary N) is 2. The molecule has 0 fully saturated rings. The molecule has 2 aromatic carbocycles. The minimum Gasteiger partial charge on any atom is -0.478 e. The van der Waals surface area contributed by atoms with E-state index < -0.39 is 11.9 Å². The smallest absolute Gasteiger partial charge is 0.328 e. The van der Waals surface area contributed by atoms with Gasteiger partial charge >= 0.3 is 11.9 Å². The van der Waals surface area contributed by atoms with Crippen molar-refractivity contribution >= 4 is 35.2 Å². The lowest BCUT2D eigenvalue weighted by atomic mass is 10.3. The molecule has 0 atom stereocenters. The number of hydrogen-bond acceptors (Lipinski definition) is 6. The van der Waals surface area contributed by atoms with Crippen LogP contribution < -0.4 is 15.4 Å². The second-order valence-electron chi connectivity index (χ2n) is 5.35. The molecular weight excluding hydrogens is 386 g/mol. The average Bonchev–Trinajstić information content (AvgIpc) is 3.15. The summed E-state index contributed by atoms with van der Waals surface area (Å²) in [6.07, 6.45) is 1.12. The van der Waals surface area contributed by atoms with E-state index in [9.17, 15) is 9.59 Å². The lowest BCUT2D eigenvalue weighted by Crippen LogP contribution is -2.26. The van der Waals surface area contributed by atoms with Crippen LogP contribution in [0.25, 0.3) is 0 Å². The molecule has 1 aliphatic heterocycles. The van der Waals surface area contributed by atoms with Crippen molar-refractivity contribution in [3.63, 3.8) is 0 Å². The molecule has 8 nitrogen and oxygen atoms in total. The third-order valence-electron chi connectivity index (χ3n) is 3.21. The topological polar surface area (TPSA) is 120 Å². The van der Waals surface area contributed by atoms with E-state index in [4.69, 9.17) is 26.6 Å². The fourth-order valence-electron chi connectivity index (χ4n) is 2.07. The highest BCUT2D eigenvalue weighted by Gasteiger charge is 2.09. The molecule has 0 saturated heterocycles. The van der Waals surface area contributed by atoms with Gasteiger partial charge in [-0.05, 0) is 30.3 Å². The number of ether oxygens (including phenoxy) is 1. The van der Waals surface area contributed by atoms with Gasteiger partial charge in [-0.25, -0.2) is 9.59 Å². The number of nitrogens with zero attached hydrogens (tertiary/aromatic N) is 1. The van der Waals surface area contributed by atoms with Crippen LogP contribution in [-0.4, -0.2) is 41.2 Å².